The van der Waals surface area contributed by atoms with Crippen molar-refractivity contribution in [3.63, 3.8) is 0 Å². The lowest BCUT2D eigenvalue weighted by molar-refractivity contribution is 0.102. The molecule has 8 nitrogen and oxygen atoms in total. The highest BCUT2D eigenvalue weighted by atomic mass is 16.5. The fourth-order valence-electron chi connectivity index (χ4n) is 2.09. The molecule has 8 heteroatoms. The van der Waals surface area contributed by atoms with E-state index in [1.54, 1.807) is 24.4 Å². The second-order valence-corrected chi connectivity index (χ2v) is 6.45. The van der Waals surface area contributed by atoms with Crippen LogP contribution in [0.5, 0.6) is 0 Å². The number of carbonyl (C=O) groups excluding carboxylic acids is 1. The first-order chi connectivity index (χ1) is 11.3. The summed E-state index contributed by atoms with van der Waals surface area (Å²) in [5.74, 6) is 1.11. The van der Waals surface area contributed by atoms with Gasteiger partial charge in [0.25, 0.3) is 5.91 Å². The van der Waals surface area contributed by atoms with Gasteiger partial charge in [0.05, 0.1) is 18.0 Å². The minimum atomic E-state index is -0.346. The number of anilines is 1. The maximum absolute atomic E-state index is 12.6. The molecule has 0 radical (unpaired) electrons. The van der Waals surface area contributed by atoms with Crippen molar-refractivity contribution in [3.05, 3.63) is 47.6 Å². The molecule has 0 aromatic carbocycles. The lowest BCUT2D eigenvalue weighted by atomic mass is 9.93. The summed E-state index contributed by atoms with van der Waals surface area (Å²) in [7, 11) is 0. The predicted octanol–water partition coefficient (Wildman–Crippen LogP) is 2.51. The molecule has 0 fully saturated rings. The first-order valence-electron chi connectivity index (χ1n) is 7.47. The molecule has 1 N–H and O–H groups in total. The number of hydrogen-bond donors (Lipinski definition) is 1. The third kappa shape index (κ3) is 3.17. The number of rotatable bonds is 3. The molecule has 0 bridgehead atoms. The van der Waals surface area contributed by atoms with E-state index in [2.05, 4.69) is 25.8 Å². The topological polar surface area (TPSA) is 98.7 Å². The lowest BCUT2D eigenvalue weighted by Crippen LogP contribution is -2.17. The highest BCUT2D eigenvalue weighted by Gasteiger charge is 2.21. The van der Waals surface area contributed by atoms with E-state index in [-0.39, 0.29) is 11.3 Å². The Hall–Kier alpha value is -3.03. The summed E-state index contributed by atoms with van der Waals surface area (Å²) in [6, 6.07) is 5.17. The average Bonchev–Trinajstić information content (AvgIpc) is 3.17. The Bertz CT molecular complexity index is 861. The van der Waals surface area contributed by atoms with Gasteiger partial charge in [-0.25, -0.2) is 9.67 Å². The molecule has 0 spiro atoms. The van der Waals surface area contributed by atoms with Crippen LogP contribution < -0.4 is 5.32 Å². The van der Waals surface area contributed by atoms with Crippen LogP contribution in [0, 0.1) is 6.92 Å². The molecule has 1 amide bonds. The van der Waals surface area contributed by atoms with Crippen LogP contribution in [0.15, 0.2) is 35.1 Å². The third-order valence-electron chi connectivity index (χ3n) is 3.39. The summed E-state index contributed by atoms with van der Waals surface area (Å²) >= 11 is 0. The van der Waals surface area contributed by atoms with Crippen molar-refractivity contribution >= 4 is 11.7 Å². The lowest BCUT2D eigenvalue weighted by Gasteiger charge is -2.12. The van der Waals surface area contributed by atoms with Crippen LogP contribution in [0.3, 0.4) is 0 Å². The van der Waals surface area contributed by atoms with Gasteiger partial charge in [0, 0.05) is 17.2 Å². The summed E-state index contributed by atoms with van der Waals surface area (Å²) in [6.45, 7) is 7.86. The molecule has 24 heavy (non-hydrogen) atoms. The monoisotopic (exact) mass is 326 g/mol. The molecule has 0 saturated carbocycles. The van der Waals surface area contributed by atoms with Gasteiger partial charge < -0.3 is 9.84 Å². The van der Waals surface area contributed by atoms with E-state index in [1.165, 1.54) is 10.9 Å². The third-order valence-corrected chi connectivity index (χ3v) is 3.39. The Balaban J connectivity index is 1.90. The Morgan fingerprint density at radius 2 is 2.08 bits per heavy atom. The van der Waals surface area contributed by atoms with Crippen molar-refractivity contribution in [2.24, 2.45) is 0 Å². The quantitative estimate of drug-likeness (QED) is 0.794. The van der Waals surface area contributed by atoms with Crippen molar-refractivity contribution < 1.29 is 9.32 Å². The number of carbonyl (C=O) groups is 1. The molecular formula is C16H18N6O2. The Morgan fingerprint density at radius 3 is 2.71 bits per heavy atom. The van der Waals surface area contributed by atoms with E-state index in [0.29, 0.717) is 23.0 Å². The molecule has 3 aromatic heterocycles. The number of pyridine rings is 1. The summed E-state index contributed by atoms with van der Waals surface area (Å²) in [6.07, 6.45) is 3.16. The molecule has 124 valence electrons. The number of nitrogens with one attached hydrogen (secondary N) is 1. The van der Waals surface area contributed by atoms with Gasteiger partial charge in [-0.2, -0.15) is 0 Å². The summed E-state index contributed by atoms with van der Waals surface area (Å²) < 4.78 is 6.73. The van der Waals surface area contributed by atoms with Crippen LogP contribution in [0.4, 0.5) is 5.82 Å². The van der Waals surface area contributed by atoms with Gasteiger partial charge in [-0.3, -0.25) is 4.79 Å². The molecular weight excluding hydrogens is 308 g/mol. The summed E-state index contributed by atoms with van der Waals surface area (Å²) in [5, 5.41) is 14.3. The first kappa shape index (κ1) is 15.9. The zero-order valence-electron chi connectivity index (χ0n) is 13.9. The van der Waals surface area contributed by atoms with Crippen molar-refractivity contribution in [2.75, 3.05) is 5.32 Å². The van der Waals surface area contributed by atoms with Crippen molar-refractivity contribution in [3.8, 4) is 5.82 Å². The van der Waals surface area contributed by atoms with Crippen LogP contribution in [0.1, 0.15) is 42.6 Å². The summed E-state index contributed by atoms with van der Waals surface area (Å²) in [5.41, 5.74) is 0.952. The van der Waals surface area contributed by atoms with Crippen LogP contribution in [0.2, 0.25) is 0 Å². The predicted molar refractivity (Wildman–Crippen MR) is 87.0 cm³/mol. The van der Waals surface area contributed by atoms with Gasteiger partial charge >= 0.3 is 0 Å². The van der Waals surface area contributed by atoms with E-state index in [0.717, 1.165) is 5.69 Å². The maximum Gasteiger partial charge on any atom is 0.260 e. The molecule has 3 rings (SSSR count). The van der Waals surface area contributed by atoms with Crippen LogP contribution in [-0.4, -0.2) is 31.0 Å². The molecule has 3 aromatic rings. The molecule has 0 aliphatic rings. The van der Waals surface area contributed by atoms with Gasteiger partial charge in [-0.15, -0.1) is 5.10 Å². The average molecular weight is 326 g/mol. The van der Waals surface area contributed by atoms with E-state index in [1.807, 2.05) is 27.7 Å². The molecule has 0 unspecified atom stereocenters. The zero-order valence-corrected chi connectivity index (χ0v) is 13.9. The van der Waals surface area contributed by atoms with Crippen molar-refractivity contribution in [1.29, 1.82) is 0 Å². The first-order valence-corrected chi connectivity index (χ1v) is 7.47. The number of amides is 1. The standard InChI is InChI=1S/C16H18N6O2/c1-10-5-6-11(14(18-10)22-8-7-17-21-22)15(23)19-13-9-12(24-20-13)16(2,3)4/h5-9H,1-4H3,(H,19,20,23). The Morgan fingerprint density at radius 1 is 1.29 bits per heavy atom. The van der Waals surface area contributed by atoms with Gasteiger partial charge in [-0.1, -0.05) is 31.1 Å². The van der Waals surface area contributed by atoms with Crippen LogP contribution in [0.25, 0.3) is 5.82 Å². The second-order valence-electron chi connectivity index (χ2n) is 6.45. The van der Waals surface area contributed by atoms with Crippen molar-refractivity contribution in [2.45, 2.75) is 33.1 Å². The highest BCUT2D eigenvalue weighted by molar-refractivity contribution is 6.05. The van der Waals surface area contributed by atoms with E-state index < -0.39 is 0 Å². The normalized spacial score (nSPS) is 11.5. The fourth-order valence-corrected chi connectivity index (χ4v) is 2.09. The van der Waals surface area contributed by atoms with E-state index in [9.17, 15) is 4.79 Å². The summed E-state index contributed by atoms with van der Waals surface area (Å²) in [4.78, 5) is 17.0. The number of nitrogens with zero attached hydrogens (tertiary/aromatic N) is 5. The van der Waals surface area contributed by atoms with E-state index in [4.69, 9.17) is 4.52 Å². The van der Waals surface area contributed by atoms with Crippen molar-refractivity contribution in [1.82, 2.24) is 25.1 Å². The molecule has 0 aliphatic carbocycles. The minimum absolute atomic E-state index is 0.187. The van der Waals surface area contributed by atoms with Gasteiger partial charge in [0.2, 0.25) is 0 Å². The van der Waals surface area contributed by atoms with E-state index >= 15 is 0 Å². The molecule has 0 atom stereocenters. The second kappa shape index (κ2) is 5.88. The number of aryl methyl sites for hydroxylation is 1. The fraction of sp³-hybridized carbons (Fsp3) is 0.312. The maximum atomic E-state index is 12.6. The van der Waals surface area contributed by atoms with Gasteiger partial charge in [0.1, 0.15) is 5.76 Å². The Kier molecular flexibility index (Phi) is 3.88. The Labute approximate surface area is 138 Å². The number of aromatic nitrogens is 5. The molecule has 0 aliphatic heterocycles. The van der Waals surface area contributed by atoms with Crippen LogP contribution >= 0.6 is 0 Å². The van der Waals surface area contributed by atoms with Crippen LogP contribution in [-0.2, 0) is 5.41 Å². The number of hydrogen-bond acceptors (Lipinski definition) is 6. The largest absolute Gasteiger partial charge is 0.359 e. The zero-order chi connectivity index (χ0) is 17.3. The van der Waals surface area contributed by atoms with Gasteiger partial charge in [-0.05, 0) is 19.1 Å². The molecule has 0 saturated heterocycles. The van der Waals surface area contributed by atoms with Gasteiger partial charge in [0.15, 0.2) is 11.6 Å². The SMILES string of the molecule is Cc1ccc(C(=O)Nc2cc(C(C)(C)C)on2)c(-n2ccnn2)n1. The molecule has 3 heterocycles. The minimum Gasteiger partial charge on any atom is -0.359 e. The smallest absolute Gasteiger partial charge is 0.260 e. The highest BCUT2D eigenvalue weighted by Crippen LogP contribution is 2.24.